The van der Waals surface area contributed by atoms with E-state index in [0.29, 0.717) is 35.6 Å². The fraction of sp³-hybridized carbons (Fsp3) is 0.320. The highest BCUT2D eigenvalue weighted by Gasteiger charge is 2.39. The number of anilines is 1. The molecular weight excluding hydrogens is 464 g/mol. The second-order valence-corrected chi connectivity index (χ2v) is 9.11. The molecular formula is C25H28N6O3S. The van der Waals surface area contributed by atoms with E-state index in [0.717, 1.165) is 17.1 Å². The van der Waals surface area contributed by atoms with Crippen LogP contribution in [0.15, 0.2) is 60.7 Å². The Balaban J connectivity index is 1.54. The summed E-state index contributed by atoms with van der Waals surface area (Å²) in [6, 6.07) is 16.6. The molecule has 1 aromatic heterocycles. The third-order valence-corrected chi connectivity index (χ3v) is 6.74. The summed E-state index contributed by atoms with van der Waals surface area (Å²) in [6.45, 7) is 2.16. The number of benzene rings is 2. The quantitative estimate of drug-likeness (QED) is 0.445. The summed E-state index contributed by atoms with van der Waals surface area (Å²) in [7, 11) is 1.68. The molecule has 1 aliphatic rings. The molecule has 0 bridgehead atoms. The molecule has 9 nitrogen and oxygen atoms in total. The van der Waals surface area contributed by atoms with Crippen LogP contribution in [0.25, 0.3) is 11.3 Å². The van der Waals surface area contributed by atoms with Gasteiger partial charge >= 0.3 is 0 Å². The minimum atomic E-state index is -0.891. The van der Waals surface area contributed by atoms with E-state index in [4.69, 9.17) is 0 Å². The smallest absolute Gasteiger partial charge is 0.250 e. The van der Waals surface area contributed by atoms with Gasteiger partial charge in [0.15, 0.2) is 0 Å². The predicted molar refractivity (Wildman–Crippen MR) is 135 cm³/mol. The summed E-state index contributed by atoms with van der Waals surface area (Å²) in [5.74, 6) is -0.893. The minimum absolute atomic E-state index is 0.291. The van der Waals surface area contributed by atoms with E-state index in [1.54, 1.807) is 31.0 Å². The molecule has 182 valence electrons. The number of carbonyl (C=O) groups excluding carboxylic acids is 3. The number of likely N-dealkylation sites (tertiary alicyclic amines) is 1. The van der Waals surface area contributed by atoms with Crippen molar-refractivity contribution in [2.75, 3.05) is 18.9 Å². The van der Waals surface area contributed by atoms with Crippen LogP contribution >= 0.6 is 11.5 Å². The van der Waals surface area contributed by atoms with E-state index >= 15 is 0 Å². The molecule has 0 radical (unpaired) electrons. The van der Waals surface area contributed by atoms with Crippen LogP contribution in [-0.4, -0.2) is 57.9 Å². The number of nitrogens with zero attached hydrogens (tertiary/aromatic N) is 3. The maximum Gasteiger partial charge on any atom is 0.250 e. The number of hydrogen-bond acceptors (Lipinski definition) is 7. The number of rotatable bonds is 8. The highest BCUT2D eigenvalue weighted by Crippen LogP contribution is 2.30. The molecule has 1 saturated heterocycles. The first-order valence-electron chi connectivity index (χ1n) is 11.5. The number of carbonyl (C=O) groups is 3. The van der Waals surface area contributed by atoms with Crippen molar-refractivity contribution < 1.29 is 14.4 Å². The number of nitrogens with one attached hydrogen (secondary N) is 3. The van der Waals surface area contributed by atoms with Crippen LogP contribution in [0.5, 0.6) is 0 Å². The van der Waals surface area contributed by atoms with Crippen LogP contribution in [0.3, 0.4) is 0 Å². The monoisotopic (exact) mass is 492 g/mol. The molecule has 2 heterocycles. The summed E-state index contributed by atoms with van der Waals surface area (Å²) in [5.41, 5.74) is 2.11. The molecule has 2 aromatic carbocycles. The third-order valence-electron chi connectivity index (χ3n) is 6.10. The van der Waals surface area contributed by atoms with Crippen molar-refractivity contribution in [3.05, 3.63) is 66.2 Å². The zero-order valence-corrected chi connectivity index (χ0v) is 20.4. The van der Waals surface area contributed by atoms with E-state index in [2.05, 4.69) is 25.5 Å². The Hall–Kier alpha value is -3.63. The SMILES string of the molecule is CNC(C)C(=O)NC(C(=O)N1CCCC1C(=O)Nc1snnc1-c1ccccc1)c1ccccc1. The molecule has 0 aliphatic carbocycles. The van der Waals surface area contributed by atoms with Crippen LogP contribution < -0.4 is 16.0 Å². The number of amides is 3. The van der Waals surface area contributed by atoms with Crippen molar-refractivity contribution >= 4 is 34.3 Å². The van der Waals surface area contributed by atoms with Gasteiger partial charge in [0.2, 0.25) is 17.7 Å². The van der Waals surface area contributed by atoms with Gasteiger partial charge in [-0.25, -0.2) is 0 Å². The Bertz CT molecular complexity index is 1170. The Morgan fingerprint density at radius 2 is 1.74 bits per heavy atom. The van der Waals surface area contributed by atoms with Crippen molar-refractivity contribution in [2.24, 2.45) is 0 Å². The Kier molecular flexibility index (Phi) is 7.84. The zero-order valence-electron chi connectivity index (χ0n) is 19.6. The minimum Gasteiger partial charge on any atom is -0.339 e. The van der Waals surface area contributed by atoms with Crippen LogP contribution in [0.4, 0.5) is 5.00 Å². The lowest BCUT2D eigenvalue weighted by atomic mass is 10.0. The molecule has 3 atom stereocenters. The first-order chi connectivity index (χ1) is 17.0. The van der Waals surface area contributed by atoms with Crippen molar-refractivity contribution in [3.63, 3.8) is 0 Å². The largest absolute Gasteiger partial charge is 0.339 e. The molecule has 35 heavy (non-hydrogen) atoms. The van der Waals surface area contributed by atoms with E-state index in [-0.39, 0.29) is 17.7 Å². The van der Waals surface area contributed by atoms with Crippen LogP contribution in [0, 0.1) is 0 Å². The summed E-state index contributed by atoms with van der Waals surface area (Å²) in [4.78, 5) is 41.2. The van der Waals surface area contributed by atoms with E-state index < -0.39 is 18.1 Å². The lowest BCUT2D eigenvalue weighted by molar-refractivity contribution is -0.140. The van der Waals surface area contributed by atoms with Crippen LogP contribution in [-0.2, 0) is 14.4 Å². The van der Waals surface area contributed by atoms with Crippen molar-refractivity contribution in [3.8, 4) is 11.3 Å². The molecule has 4 rings (SSSR count). The fourth-order valence-corrected chi connectivity index (χ4v) is 4.65. The first kappa shape index (κ1) is 24.5. The van der Waals surface area contributed by atoms with Crippen molar-refractivity contribution in [1.29, 1.82) is 0 Å². The van der Waals surface area contributed by atoms with Crippen LogP contribution in [0.2, 0.25) is 0 Å². The van der Waals surface area contributed by atoms with Gasteiger partial charge in [0.1, 0.15) is 22.8 Å². The van der Waals surface area contributed by atoms with Gasteiger partial charge in [0, 0.05) is 23.6 Å². The summed E-state index contributed by atoms with van der Waals surface area (Å²) in [5, 5.41) is 13.4. The second kappa shape index (κ2) is 11.2. The maximum atomic E-state index is 13.7. The van der Waals surface area contributed by atoms with Crippen molar-refractivity contribution in [2.45, 2.75) is 37.9 Å². The molecule has 10 heteroatoms. The molecule has 3 amide bonds. The average molecular weight is 493 g/mol. The summed E-state index contributed by atoms with van der Waals surface area (Å²) in [6.07, 6.45) is 1.23. The third kappa shape index (κ3) is 5.55. The summed E-state index contributed by atoms with van der Waals surface area (Å²) < 4.78 is 4.00. The highest BCUT2D eigenvalue weighted by molar-refractivity contribution is 7.10. The van der Waals surface area contributed by atoms with Gasteiger partial charge < -0.3 is 20.9 Å². The number of likely N-dealkylation sites (N-methyl/N-ethyl adjacent to an activating group) is 1. The Labute approximate surface area is 208 Å². The molecule has 3 aromatic rings. The average Bonchev–Trinajstić information content (AvgIpc) is 3.57. The number of aromatic nitrogens is 2. The normalized spacial score (nSPS) is 17.0. The number of hydrogen-bond donors (Lipinski definition) is 3. The van der Waals surface area contributed by atoms with Gasteiger partial charge in [0.05, 0.1) is 6.04 Å². The Morgan fingerprint density at radius 1 is 1.06 bits per heavy atom. The standard InChI is InChI=1S/C25H28N6O3S/c1-16(26-2)22(32)27-21(18-12-7-4-8-13-18)25(34)31-15-9-14-19(31)23(33)28-24-20(29-30-35-24)17-10-5-3-6-11-17/h3-8,10-13,16,19,21,26H,9,14-15H2,1-2H3,(H,27,32)(H,28,33). The molecule has 0 saturated carbocycles. The highest BCUT2D eigenvalue weighted by atomic mass is 32.1. The maximum absolute atomic E-state index is 13.7. The lowest BCUT2D eigenvalue weighted by Gasteiger charge is -2.29. The molecule has 3 N–H and O–H groups in total. The first-order valence-corrected chi connectivity index (χ1v) is 12.3. The topological polar surface area (TPSA) is 116 Å². The fourth-order valence-electron chi connectivity index (χ4n) is 4.05. The molecule has 3 unspecified atom stereocenters. The molecule has 1 aliphatic heterocycles. The Morgan fingerprint density at radius 3 is 2.43 bits per heavy atom. The van der Waals surface area contributed by atoms with Gasteiger partial charge in [-0.15, -0.1) is 5.10 Å². The zero-order chi connectivity index (χ0) is 24.8. The van der Waals surface area contributed by atoms with Crippen molar-refractivity contribution in [1.82, 2.24) is 25.1 Å². The van der Waals surface area contributed by atoms with E-state index in [1.165, 1.54) is 0 Å². The van der Waals surface area contributed by atoms with Crippen LogP contribution in [0.1, 0.15) is 31.4 Å². The van der Waals surface area contributed by atoms with Gasteiger partial charge in [-0.05, 0) is 32.4 Å². The predicted octanol–water partition coefficient (Wildman–Crippen LogP) is 2.60. The van der Waals surface area contributed by atoms with Gasteiger partial charge in [0.25, 0.3) is 0 Å². The van der Waals surface area contributed by atoms with E-state index in [1.807, 2.05) is 48.5 Å². The van der Waals surface area contributed by atoms with Gasteiger partial charge in [-0.1, -0.05) is 65.2 Å². The van der Waals surface area contributed by atoms with E-state index in [9.17, 15) is 14.4 Å². The molecule has 1 fully saturated rings. The molecule has 0 spiro atoms. The van der Waals surface area contributed by atoms with Gasteiger partial charge in [-0.2, -0.15) is 0 Å². The van der Waals surface area contributed by atoms with Gasteiger partial charge in [-0.3, -0.25) is 14.4 Å². The lowest BCUT2D eigenvalue weighted by Crippen LogP contribution is -2.51. The summed E-state index contributed by atoms with van der Waals surface area (Å²) >= 11 is 1.10. The second-order valence-electron chi connectivity index (χ2n) is 8.36.